The molecule has 0 aliphatic rings. The molecule has 1 aromatic carbocycles. The van der Waals surface area contributed by atoms with Crippen molar-refractivity contribution in [1.82, 2.24) is 0 Å². The van der Waals surface area contributed by atoms with Crippen LogP contribution in [0.4, 0.5) is 4.39 Å². The van der Waals surface area contributed by atoms with Gasteiger partial charge >= 0.3 is 0 Å². The number of carbonyl (C=O) groups is 1. The van der Waals surface area contributed by atoms with Crippen molar-refractivity contribution in [3.63, 3.8) is 0 Å². The fourth-order valence-corrected chi connectivity index (χ4v) is 1.23. The van der Waals surface area contributed by atoms with Crippen LogP contribution in [0.3, 0.4) is 0 Å². The van der Waals surface area contributed by atoms with Gasteiger partial charge in [0.2, 0.25) is 0 Å². The number of rotatable bonds is 1. The van der Waals surface area contributed by atoms with Crippen molar-refractivity contribution in [2.75, 3.05) is 0 Å². The van der Waals surface area contributed by atoms with E-state index in [0.29, 0.717) is 5.56 Å². The Morgan fingerprint density at radius 2 is 1.86 bits per heavy atom. The second-order valence-corrected chi connectivity index (χ2v) is 4.52. The number of halogens is 1. The summed E-state index contributed by atoms with van der Waals surface area (Å²) < 4.78 is 13.6. The summed E-state index contributed by atoms with van der Waals surface area (Å²) in [6, 6.07) is 4.90. The predicted molar refractivity (Wildman–Crippen MR) is 54.9 cm³/mol. The minimum atomic E-state index is -0.533. The molecule has 0 heterocycles. The van der Waals surface area contributed by atoms with Crippen molar-refractivity contribution in [1.29, 1.82) is 0 Å². The van der Waals surface area contributed by atoms with Gasteiger partial charge in [-0.15, -0.1) is 0 Å². The molecule has 0 amide bonds. The average Bonchev–Trinajstić information content (AvgIpc) is 2.07. The Labute approximate surface area is 83.9 Å². The first-order valence-corrected chi connectivity index (χ1v) is 4.64. The maximum absolute atomic E-state index is 13.6. The highest BCUT2D eigenvalue weighted by atomic mass is 19.1. The molecule has 0 saturated heterocycles. The Balaban J connectivity index is 3.21. The second kappa shape index (κ2) is 3.52. The molecule has 2 heteroatoms. The second-order valence-electron chi connectivity index (χ2n) is 4.52. The molecule has 1 nitrogen and oxygen atoms in total. The Morgan fingerprint density at radius 3 is 2.36 bits per heavy atom. The van der Waals surface area contributed by atoms with E-state index in [1.54, 1.807) is 39.8 Å². The van der Waals surface area contributed by atoms with Crippen LogP contribution in [0.1, 0.15) is 36.7 Å². The minimum absolute atomic E-state index is 0.154. The van der Waals surface area contributed by atoms with Crippen molar-refractivity contribution < 1.29 is 9.18 Å². The summed E-state index contributed by atoms with van der Waals surface area (Å²) in [6.45, 7) is 7.03. The van der Waals surface area contributed by atoms with Gasteiger partial charge in [-0.05, 0) is 18.6 Å². The summed E-state index contributed by atoms with van der Waals surface area (Å²) >= 11 is 0. The molecular weight excluding hydrogens is 179 g/mol. The van der Waals surface area contributed by atoms with Gasteiger partial charge < -0.3 is 0 Å². The molecule has 76 valence electrons. The van der Waals surface area contributed by atoms with Crippen molar-refractivity contribution in [3.8, 4) is 0 Å². The van der Waals surface area contributed by atoms with Crippen molar-refractivity contribution >= 4 is 5.78 Å². The average molecular weight is 194 g/mol. The first-order valence-electron chi connectivity index (χ1n) is 4.64. The van der Waals surface area contributed by atoms with Crippen molar-refractivity contribution in [2.24, 2.45) is 5.41 Å². The Bertz CT molecular complexity index is 361. The number of benzene rings is 1. The van der Waals surface area contributed by atoms with Crippen LogP contribution in [-0.2, 0) is 0 Å². The summed E-state index contributed by atoms with van der Waals surface area (Å²) in [7, 11) is 0. The zero-order valence-corrected chi connectivity index (χ0v) is 9.02. The van der Waals surface area contributed by atoms with Gasteiger partial charge in [-0.25, -0.2) is 4.39 Å². The molecule has 0 radical (unpaired) electrons. The lowest BCUT2D eigenvalue weighted by atomic mass is 9.86. The number of hydrogen-bond acceptors (Lipinski definition) is 1. The minimum Gasteiger partial charge on any atom is -0.293 e. The van der Waals surface area contributed by atoms with Gasteiger partial charge in [0, 0.05) is 5.41 Å². The third-order valence-corrected chi connectivity index (χ3v) is 2.12. The summed E-state index contributed by atoms with van der Waals surface area (Å²) in [5.41, 5.74) is 0.173. The molecule has 0 atom stereocenters. The zero-order valence-electron chi connectivity index (χ0n) is 9.02. The van der Waals surface area contributed by atoms with Gasteiger partial charge in [-0.1, -0.05) is 32.9 Å². The maximum Gasteiger partial charge on any atom is 0.171 e. The monoisotopic (exact) mass is 194 g/mol. The molecule has 0 N–H and O–H groups in total. The number of Topliss-reactive ketones (excluding diaryl/α,β-unsaturated/α-hetero) is 1. The standard InChI is InChI=1S/C12H15FO/c1-8-6-5-7-9(10(8)13)11(14)12(2,3)4/h5-7H,1-4H3. The summed E-state index contributed by atoms with van der Waals surface area (Å²) in [5.74, 6) is -0.550. The van der Waals surface area contributed by atoms with E-state index >= 15 is 0 Å². The number of hydrogen-bond donors (Lipinski definition) is 0. The van der Waals surface area contributed by atoms with Crippen LogP contribution >= 0.6 is 0 Å². The third-order valence-electron chi connectivity index (χ3n) is 2.12. The molecule has 1 aromatic rings. The highest BCUT2D eigenvalue weighted by molar-refractivity contribution is 6.00. The van der Waals surface area contributed by atoms with Gasteiger partial charge in [-0.2, -0.15) is 0 Å². The smallest absolute Gasteiger partial charge is 0.171 e. The largest absolute Gasteiger partial charge is 0.293 e. The molecule has 0 bridgehead atoms. The van der Waals surface area contributed by atoms with Gasteiger partial charge in [-0.3, -0.25) is 4.79 Å². The molecule has 0 aliphatic carbocycles. The molecule has 14 heavy (non-hydrogen) atoms. The van der Waals surface area contributed by atoms with Crippen LogP contribution in [0, 0.1) is 18.2 Å². The van der Waals surface area contributed by atoms with Crippen LogP contribution in [0.15, 0.2) is 18.2 Å². The predicted octanol–water partition coefficient (Wildman–Crippen LogP) is 3.36. The van der Waals surface area contributed by atoms with Crippen molar-refractivity contribution in [3.05, 3.63) is 35.1 Å². The number of carbonyl (C=O) groups excluding carboxylic acids is 1. The van der Waals surface area contributed by atoms with E-state index in [1.165, 1.54) is 6.07 Å². The van der Waals surface area contributed by atoms with Gasteiger partial charge in [0.1, 0.15) is 5.82 Å². The SMILES string of the molecule is Cc1cccc(C(=O)C(C)(C)C)c1F. The van der Waals surface area contributed by atoms with E-state index in [2.05, 4.69) is 0 Å². The third kappa shape index (κ3) is 2.00. The molecular formula is C12H15FO. The van der Waals surface area contributed by atoms with E-state index in [9.17, 15) is 9.18 Å². The highest BCUT2D eigenvalue weighted by Gasteiger charge is 2.25. The van der Waals surface area contributed by atoms with Crippen LogP contribution < -0.4 is 0 Å². The molecule has 1 rings (SSSR count). The van der Waals surface area contributed by atoms with Crippen LogP contribution in [0.25, 0.3) is 0 Å². The lowest BCUT2D eigenvalue weighted by Gasteiger charge is -2.17. The van der Waals surface area contributed by atoms with Crippen molar-refractivity contribution in [2.45, 2.75) is 27.7 Å². The first kappa shape index (κ1) is 10.9. The quantitative estimate of drug-likeness (QED) is 0.626. The van der Waals surface area contributed by atoms with E-state index in [0.717, 1.165) is 0 Å². The molecule has 0 spiro atoms. The maximum atomic E-state index is 13.6. The van der Waals surface area contributed by atoms with E-state index in [1.807, 2.05) is 0 Å². The fourth-order valence-electron chi connectivity index (χ4n) is 1.23. The first-order chi connectivity index (χ1) is 6.34. The van der Waals surface area contributed by atoms with E-state index in [-0.39, 0.29) is 11.3 Å². The normalized spacial score (nSPS) is 11.5. The van der Waals surface area contributed by atoms with Gasteiger partial charge in [0.15, 0.2) is 5.78 Å². The summed E-state index contributed by atoms with van der Waals surface area (Å²) in [4.78, 5) is 11.8. The van der Waals surface area contributed by atoms with Gasteiger partial charge in [0.25, 0.3) is 0 Å². The number of aryl methyl sites for hydroxylation is 1. The summed E-state index contributed by atoms with van der Waals surface area (Å²) in [6.07, 6.45) is 0. The fraction of sp³-hybridized carbons (Fsp3) is 0.417. The molecule has 0 aromatic heterocycles. The molecule has 0 aliphatic heterocycles. The Morgan fingerprint density at radius 1 is 1.29 bits per heavy atom. The highest BCUT2D eigenvalue weighted by Crippen LogP contribution is 2.23. The van der Waals surface area contributed by atoms with Crippen LogP contribution in [-0.4, -0.2) is 5.78 Å². The van der Waals surface area contributed by atoms with E-state index < -0.39 is 11.2 Å². The Hall–Kier alpha value is -1.18. The summed E-state index contributed by atoms with van der Waals surface area (Å²) in [5, 5.41) is 0. The zero-order chi connectivity index (χ0) is 10.9. The van der Waals surface area contributed by atoms with Crippen LogP contribution in [0.5, 0.6) is 0 Å². The molecule has 0 fully saturated rings. The Kier molecular flexibility index (Phi) is 2.74. The number of ketones is 1. The lowest BCUT2D eigenvalue weighted by molar-refractivity contribution is 0.0853. The van der Waals surface area contributed by atoms with Gasteiger partial charge in [0.05, 0.1) is 5.56 Å². The topological polar surface area (TPSA) is 17.1 Å². The lowest BCUT2D eigenvalue weighted by Crippen LogP contribution is -2.21. The van der Waals surface area contributed by atoms with Crippen LogP contribution in [0.2, 0.25) is 0 Å². The molecule has 0 saturated carbocycles. The van der Waals surface area contributed by atoms with E-state index in [4.69, 9.17) is 0 Å². The molecule has 0 unspecified atom stereocenters.